The van der Waals surface area contributed by atoms with Crippen LogP contribution in [-0.2, 0) is 4.74 Å². The Kier molecular flexibility index (Phi) is 2.42. The van der Waals surface area contributed by atoms with Gasteiger partial charge in [0.25, 0.3) is 0 Å². The van der Waals surface area contributed by atoms with Crippen LogP contribution in [0.15, 0.2) is 4.52 Å². The van der Waals surface area contributed by atoms with Gasteiger partial charge in [0.2, 0.25) is 0 Å². The van der Waals surface area contributed by atoms with Crippen LogP contribution in [0.25, 0.3) is 0 Å². The van der Waals surface area contributed by atoms with Crippen molar-refractivity contribution in [3.05, 3.63) is 10.8 Å². The fourth-order valence-electron chi connectivity index (χ4n) is 1.52. The summed E-state index contributed by atoms with van der Waals surface area (Å²) in [5, 5.41) is 4.09. The van der Waals surface area contributed by atoms with Crippen LogP contribution in [0.2, 0.25) is 5.02 Å². The molecule has 0 unspecified atom stereocenters. The third kappa shape index (κ3) is 1.64. The molecule has 0 aromatic carbocycles. The lowest BCUT2D eigenvalue weighted by Gasteiger charge is -2.19. The van der Waals surface area contributed by atoms with Gasteiger partial charge >= 0.3 is 0 Å². The third-order valence-corrected chi connectivity index (χ3v) is 2.66. The van der Waals surface area contributed by atoms with Gasteiger partial charge in [-0.2, -0.15) is 0 Å². The summed E-state index contributed by atoms with van der Waals surface area (Å²) in [6.07, 6.45) is 1.85. The van der Waals surface area contributed by atoms with Crippen LogP contribution in [0.3, 0.4) is 0 Å². The molecule has 0 aliphatic carbocycles. The molecule has 1 aliphatic rings. The van der Waals surface area contributed by atoms with Crippen LogP contribution in [0.5, 0.6) is 0 Å². The van der Waals surface area contributed by atoms with Crippen molar-refractivity contribution in [2.45, 2.75) is 18.8 Å². The highest BCUT2D eigenvalue weighted by molar-refractivity contribution is 6.33. The molecule has 2 rings (SSSR count). The van der Waals surface area contributed by atoms with E-state index in [-0.39, 0.29) is 5.82 Å². The first-order valence-electron chi connectivity index (χ1n) is 4.27. The van der Waals surface area contributed by atoms with E-state index in [9.17, 15) is 0 Å². The van der Waals surface area contributed by atoms with Gasteiger partial charge in [-0.05, 0) is 12.8 Å². The number of hydrogen-bond acceptors (Lipinski definition) is 4. The Morgan fingerprint density at radius 2 is 2.08 bits per heavy atom. The van der Waals surface area contributed by atoms with Gasteiger partial charge in [0.1, 0.15) is 5.02 Å². The van der Waals surface area contributed by atoms with Gasteiger partial charge in [-0.3, -0.25) is 0 Å². The van der Waals surface area contributed by atoms with E-state index in [1.54, 1.807) is 0 Å². The van der Waals surface area contributed by atoms with Gasteiger partial charge in [-0.1, -0.05) is 16.8 Å². The molecule has 72 valence electrons. The number of halogens is 1. The molecule has 1 fully saturated rings. The summed E-state index contributed by atoms with van der Waals surface area (Å²) in [6.45, 7) is 1.50. The van der Waals surface area contributed by atoms with Gasteiger partial charge in [0.05, 0.1) is 0 Å². The lowest BCUT2D eigenvalue weighted by Crippen LogP contribution is -2.13. The van der Waals surface area contributed by atoms with E-state index < -0.39 is 0 Å². The Balaban J connectivity index is 2.18. The highest BCUT2D eigenvalue weighted by Gasteiger charge is 2.24. The van der Waals surface area contributed by atoms with Crippen molar-refractivity contribution in [2.24, 2.45) is 0 Å². The number of rotatable bonds is 1. The van der Waals surface area contributed by atoms with Crippen molar-refractivity contribution < 1.29 is 9.26 Å². The minimum Gasteiger partial charge on any atom is -0.381 e. The Morgan fingerprint density at radius 3 is 2.62 bits per heavy atom. The van der Waals surface area contributed by atoms with E-state index in [0.29, 0.717) is 16.7 Å². The molecular formula is C8H11ClN2O2. The summed E-state index contributed by atoms with van der Waals surface area (Å²) < 4.78 is 10.3. The zero-order valence-electron chi connectivity index (χ0n) is 7.12. The Morgan fingerprint density at radius 1 is 1.38 bits per heavy atom. The Labute approximate surface area is 81.0 Å². The van der Waals surface area contributed by atoms with Crippen LogP contribution < -0.4 is 5.73 Å². The predicted octanol–water partition coefficient (Wildman–Crippen LogP) is 1.80. The van der Waals surface area contributed by atoms with Crippen molar-refractivity contribution in [3.8, 4) is 0 Å². The number of nitrogens with zero attached hydrogens (tertiary/aromatic N) is 1. The molecule has 0 spiro atoms. The minimum absolute atomic E-state index is 0.281. The fraction of sp³-hybridized carbons (Fsp3) is 0.625. The molecule has 1 aromatic rings. The van der Waals surface area contributed by atoms with Crippen molar-refractivity contribution >= 4 is 17.4 Å². The van der Waals surface area contributed by atoms with Crippen LogP contribution in [0, 0.1) is 0 Å². The predicted molar refractivity (Wildman–Crippen MR) is 48.7 cm³/mol. The molecule has 0 amide bonds. The van der Waals surface area contributed by atoms with Crippen molar-refractivity contribution in [1.82, 2.24) is 5.16 Å². The molecule has 0 atom stereocenters. The average molecular weight is 203 g/mol. The highest BCUT2D eigenvalue weighted by atomic mass is 35.5. The maximum absolute atomic E-state index is 5.92. The molecule has 1 aliphatic heterocycles. The molecule has 0 bridgehead atoms. The van der Waals surface area contributed by atoms with E-state index in [4.69, 9.17) is 26.6 Å². The van der Waals surface area contributed by atoms with E-state index in [1.807, 2.05) is 0 Å². The average Bonchev–Trinajstić information content (AvgIpc) is 2.49. The summed E-state index contributed by atoms with van der Waals surface area (Å²) in [5.41, 5.74) is 5.48. The summed E-state index contributed by atoms with van der Waals surface area (Å²) in [7, 11) is 0. The van der Waals surface area contributed by atoms with Gasteiger partial charge in [-0.15, -0.1) is 0 Å². The number of nitrogens with two attached hydrogens (primary N) is 1. The highest BCUT2D eigenvalue weighted by Crippen LogP contribution is 2.34. The molecule has 0 saturated carbocycles. The van der Waals surface area contributed by atoms with Crippen LogP contribution in [-0.4, -0.2) is 18.4 Å². The maximum atomic E-state index is 5.92. The minimum atomic E-state index is 0.281. The molecule has 2 heterocycles. The first-order valence-corrected chi connectivity index (χ1v) is 4.65. The monoisotopic (exact) mass is 202 g/mol. The molecule has 0 radical (unpaired) electrons. The molecule has 4 nitrogen and oxygen atoms in total. The molecule has 1 aromatic heterocycles. The van der Waals surface area contributed by atoms with Crippen LogP contribution >= 0.6 is 11.6 Å². The maximum Gasteiger partial charge on any atom is 0.186 e. The van der Waals surface area contributed by atoms with Crippen LogP contribution in [0.1, 0.15) is 24.5 Å². The van der Waals surface area contributed by atoms with Gasteiger partial charge in [0.15, 0.2) is 11.6 Å². The molecule has 1 saturated heterocycles. The molecule has 2 N–H and O–H groups in total. The quantitative estimate of drug-likeness (QED) is 0.755. The van der Waals surface area contributed by atoms with Crippen molar-refractivity contribution in [3.63, 3.8) is 0 Å². The number of ether oxygens (including phenoxy) is 1. The largest absolute Gasteiger partial charge is 0.381 e. The first kappa shape index (κ1) is 8.84. The summed E-state index contributed by atoms with van der Waals surface area (Å²) in [5.74, 6) is 1.30. The smallest absolute Gasteiger partial charge is 0.186 e. The normalized spacial score (nSPS) is 19.2. The Hall–Kier alpha value is -0.740. The number of aromatic nitrogens is 1. The zero-order chi connectivity index (χ0) is 9.26. The van der Waals surface area contributed by atoms with E-state index in [2.05, 4.69) is 5.16 Å². The van der Waals surface area contributed by atoms with E-state index >= 15 is 0 Å². The molecular weight excluding hydrogens is 192 g/mol. The van der Waals surface area contributed by atoms with E-state index in [0.717, 1.165) is 26.1 Å². The summed E-state index contributed by atoms with van der Waals surface area (Å²) in [6, 6.07) is 0. The second-order valence-electron chi connectivity index (χ2n) is 3.13. The Bertz CT molecular complexity index is 294. The lowest BCUT2D eigenvalue weighted by atomic mass is 9.97. The summed E-state index contributed by atoms with van der Waals surface area (Å²) in [4.78, 5) is 0. The number of hydrogen-bond donors (Lipinski definition) is 1. The van der Waals surface area contributed by atoms with Crippen molar-refractivity contribution in [1.29, 1.82) is 0 Å². The second-order valence-corrected chi connectivity index (χ2v) is 3.51. The lowest BCUT2D eigenvalue weighted by molar-refractivity contribution is 0.0791. The van der Waals surface area contributed by atoms with Gasteiger partial charge < -0.3 is 15.0 Å². The third-order valence-electron chi connectivity index (χ3n) is 2.28. The zero-order valence-corrected chi connectivity index (χ0v) is 7.88. The van der Waals surface area contributed by atoms with E-state index in [1.165, 1.54) is 0 Å². The summed E-state index contributed by atoms with van der Waals surface area (Å²) >= 11 is 5.92. The standard InChI is InChI=1S/C8H11ClN2O2/c9-6-7(13-11-8(6)10)5-1-3-12-4-2-5/h5H,1-4H2,(H2,10,11). The van der Waals surface area contributed by atoms with Gasteiger partial charge in [-0.25, -0.2) is 0 Å². The van der Waals surface area contributed by atoms with Gasteiger partial charge in [0, 0.05) is 19.1 Å². The SMILES string of the molecule is Nc1noc(C2CCOCC2)c1Cl. The number of nitrogen functional groups attached to an aromatic ring is 1. The van der Waals surface area contributed by atoms with Crippen molar-refractivity contribution in [2.75, 3.05) is 18.9 Å². The van der Waals surface area contributed by atoms with Crippen LogP contribution in [0.4, 0.5) is 5.82 Å². The topological polar surface area (TPSA) is 61.3 Å². The molecule has 13 heavy (non-hydrogen) atoms. The first-order chi connectivity index (χ1) is 6.29. The molecule has 5 heteroatoms. The fourth-order valence-corrected chi connectivity index (χ4v) is 1.74. The second kappa shape index (κ2) is 3.55. The number of anilines is 1.